The number of amides is 1. The number of likely N-dealkylation sites (tertiary alicyclic amines) is 1. The fraction of sp³-hybridized carbons (Fsp3) is 0.412. The number of aromatic nitrogens is 1. The molecule has 1 aliphatic heterocycles. The number of carbonyl (C=O) groups is 1. The molecule has 5 nitrogen and oxygen atoms in total. The van der Waals surface area contributed by atoms with E-state index in [0.29, 0.717) is 29.1 Å². The molecule has 0 spiro atoms. The lowest BCUT2D eigenvalue weighted by Crippen LogP contribution is -2.40. The first-order chi connectivity index (χ1) is 11.1. The predicted octanol–water partition coefficient (Wildman–Crippen LogP) is 3.21. The van der Waals surface area contributed by atoms with Crippen molar-refractivity contribution in [3.63, 3.8) is 0 Å². The molecule has 1 aromatic heterocycles. The van der Waals surface area contributed by atoms with E-state index in [0.717, 1.165) is 18.7 Å². The molecule has 1 fully saturated rings. The van der Waals surface area contributed by atoms with Crippen LogP contribution in [0.5, 0.6) is 0 Å². The lowest BCUT2D eigenvalue weighted by molar-refractivity contribution is 0.0931. The molecule has 1 unspecified atom stereocenters. The number of carbonyl (C=O) groups excluding carboxylic acids is 1. The molecule has 1 N–H and O–H groups in total. The third kappa shape index (κ3) is 3.92. The van der Waals surface area contributed by atoms with Gasteiger partial charge in [0, 0.05) is 29.2 Å². The second-order valence-electron chi connectivity index (χ2n) is 5.89. The van der Waals surface area contributed by atoms with Crippen LogP contribution in [0.1, 0.15) is 30.3 Å². The van der Waals surface area contributed by atoms with E-state index in [2.05, 4.69) is 22.3 Å². The monoisotopic (exact) mass is 333 g/mol. The van der Waals surface area contributed by atoms with Gasteiger partial charge in [0.05, 0.1) is 0 Å². The second-order valence-corrected chi connectivity index (χ2v) is 6.32. The summed E-state index contributed by atoms with van der Waals surface area (Å²) in [7, 11) is 0. The molecule has 1 aliphatic rings. The standard InChI is InChI=1S/C17H20ClN3O2/c1-12(21-8-2-3-9-21)11-19-17(22)15-10-16(23-20-15)13-4-6-14(18)7-5-13/h4-7,10,12H,2-3,8-9,11H2,1H3,(H,19,22). The Hall–Kier alpha value is -1.85. The molecule has 6 heteroatoms. The third-order valence-corrected chi connectivity index (χ3v) is 4.45. The van der Waals surface area contributed by atoms with E-state index in [1.807, 2.05) is 12.1 Å². The largest absolute Gasteiger partial charge is 0.355 e. The molecule has 2 heterocycles. The van der Waals surface area contributed by atoms with Gasteiger partial charge in [-0.15, -0.1) is 0 Å². The van der Waals surface area contributed by atoms with Crippen LogP contribution in [0.4, 0.5) is 0 Å². The van der Waals surface area contributed by atoms with Crippen molar-refractivity contribution < 1.29 is 9.32 Å². The summed E-state index contributed by atoms with van der Waals surface area (Å²) < 4.78 is 5.25. The number of halogens is 1. The molecule has 0 saturated carbocycles. The topological polar surface area (TPSA) is 58.4 Å². The minimum Gasteiger partial charge on any atom is -0.355 e. The zero-order valence-corrected chi connectivity index (χ0v) is 13.8. The van der Waals surface area contributed by atoms with Crippen LogP contribution in [0.25, 0.3) is 11.3 Å². The highest BCUT2D eigenvalue weighted by Crippen LogP contribution is 2.22. The van der Waals surface area contributed by atoms with Crippen molar-refractivity contribution in [3.8, 4) is 11.3 Å². The zero-order valence-electron chi connectivity index (χ0n) is 13.1. The first-order valence-corrected chi connectivity index (χ1v) is 8.26. The van der Waals surface area contributed by atoms with Gasteiger partial charge in [-0.1, -0.05) is 16.8 Å². The maximum Gasteiger partial charge on any atom is 0.273 e. The predicted molar refractivity (Wildman–Crippen MR) is 89.6 cm³/mol. The van der Waals surface area contributed by atoms with Crippen molar-refractivity contribution in [1.29, 1.82) is 0 Å². The molecular weight excluding hydrogens is 314 g/mol. The summed E-state index contributed by atoms with van der Waals surface area (Å²) in [6.07, 6.45) is 2.48. The lowest BCUT2D eigenvalue weighted by atomic mass is 10.1. The van der Waals surface area contributed by atoms with Gasteiger partial charge in [-0.3, -0.25) is 9.69 Å². The van der Waals surface area contributed by atoms with Crippen LogP contribution in [0.3, 0.4) is 0 Å². The molecule has 0 aliphatic carbocycles. The molecule has 0 radical (unpaired) electrons. The zero-order chi connectivity index (χ0) is 16.2. The summed E-state index contributed by atoms with van der Waals surface area (Å²) in [5.74, 6) is 0.347. The van der Waals surface area contributed by atoms with E-state index in [4.69, 9.17) is 16.1 Å². The lowest BCUT2D eigenvalue weighted by Gasteiger charge is -2.23. The van der Waals surface area contributed by atoms with Crippen molar-refractivity contribution in [3.05, 3.63) is 41.0 Å². The van der Waals surface area contributed by atoms with Crippen LogP contribution in [0.15, 0.2) is 34.9 Å². The maximum absolute atomic E-state index is 12.2. The third-order valence-electron chi connectivity index (χ3n) is 4.19. The van der Waals surface area contributed by atoms with Crippen LogP contribution >= 0.6 is 11.6 Å². The smallest absolute Gasteiger partial charge is 0.273 e. The highest BCUT2D eigenvalue weighted by molar-refractivity contribution is 6.30. The molecule has 2 aromatic rings. The number of benzene rings is 1. The first-order valence-electron chi connectivity index (χ1n) is 7.88. The Bertz CT molecular complexity index is 663. The molecule has 0 bridgehead atoms. The summed E-state index contributed by atoms with van der Waals surface area (Å²) >= 11 is 5.87. The molecule has 1 aromatic carbocycles. The fourth-order valence-corrected chi connectivity index (χ4v) is 2.90. The second kappa shape index (κ2) is 7.15. The normalized spacial score (nSPS) is 16.4. The average Bonchev–Trinajstić information content (AvgIpc) is 3.24. The fourth-order valence-electron chi connectivity index (χ4n) is 2.77. The van der Waals surface area contributed by atoms with Gasteiger partial charge in [-0.25, -0.2) is 0 Å². The Morgan fingerprint density at radius 3 is 2.74 bits per heavy atom. The van der Waals surface area contributed by atoms with E-state index in [1.54, 1.807) is 18.2 Å². The van der Waals surface area contributed by atoms with Gasteiger partial charge < -0.3 is 9.84 Å². The number of nitrogens with zero attached hydrogens (tertiary/aromatic N) is 2. The van der Waals surface area contributed by atoms with Crippen LogP contribution in [-0.2, 0) is 0 Å². The molecule has 1 saturated heterocycles. The van der Waals surface area contributed by atoms with Gasteiger partial charge in [0.1, 0.15) is 0 Å². The van der Waals surface area contributed by atoms with Crippen molar-refractivity contribution >= 4 is 17.5 Å². The minimum atomic E-state index is -0.208. The summed E-state index contributed by atoms with van der Waals surface area (Å²) in [5, 5.41) is 7.44. The Balaban J connectivity index is 1.58. The Labute approximate surface area is 140 Å². The molecule has 3 rings (SSSR count). The van der Waals surface area contributed by atoms with Crippen LogP contribution in [0.2, 0.25) is 5.02 Å². The summed E-state index contributed by atoms with van der Waals surface area (Å²) in [6.45, 7) is 4.97. The molecule has 1 amide bonds. The number of hydrogen-bond donors (Lipinski definition) is 1. The van der Waals surface area contributed by atoms with E-state index in [1.165, 1.54) is 12.8 Å². The maximum atomic E-state index is 12.2. The van der Waals surface area contributed by atoms with E-state index < -0.39 is 0 Å². The summed E-state index contributed by atoms with van der Waals surface area (Å²) in [6, 6.07) is 9.20. The number of rotatable bonds is 5. The van der Waals surface area contributed by atoms with Gasteiger partial charge in [-0.05, 0) is 57.1 Å². The SMILES string of the molecule is CC(CNC(=O)c1cc(-c2ccc(Cl)cc2)on1)N1CCCC1. The van der Waals surface area contributed by atoms with Gasteiger partial charge in [0.25, 0.3) is 5.91 Å². The quantitative estimate of drug-likeness (QED) is 0.912. The molecule has 122 valence electrons. The number of hydrogen-bond acceptors (Lipinski definition) is 4. The highest BCUT2D eigenvalue weighted by Gasteiger charge is 2.19. The van der Waals surface area contributed by atoms with Gasteiger partial charge in [0.2, 0.25) is 0 Å². The first kappa shape index (κ1) is 16.0. The van der Waals surface area contributed by atoms with Crippen molar-refractivity contribution in [1.82, 2.24) is 15.4 Å². The summed E-state index contributed by atoms with van der Waals surface area (Å²) in [5.41, 5.74) is 1.13. The van der Waals surface area contributed by atoms with Crippen LogP contribution < -0.4 is 5.32 Å². The van der Waals surface area contributed by atoms with Crippen molar-refractivity contribution in [2.75, 3.05) is 19.6 Å². The van der Waals surface area contributed by atoms with E-state index >= 15 is 0 Å². The van der Waals surface area contributed by atoms with Gasteiger partial charge in [-0.2, -0.15) is 0 Å². The van der Waals surface area contributed by atoms with Gasteiger partial charge in [0.15, 0.2) is 11.5 Å². The van der Waals surface area contributed by atoms with Crippen LogP contribution in [0, 0.1) is 0 Å². The average molecular weight is 334 g/mol. The molecule has 1 atom stereocenters. The van der Waals surface area contributed by atoms with Crippen molar-refractivity contribution in [2.45, 2.75) is 25.8 Å². The van der Waals surface area contributed by atoms with Crippen molar-refractivity contribution in [2.24, 2.45) is 0 Å². The minimum absolute atomic E-state index is 0.208. The number of nitrogens with one attached hydrogen (secondary N) is 1. The Morgan fingerprint density at radius 2 is 2.04 bits per heavy atom. The summed E-state index contributed by atoms with van der Waals surface area (Å²) in [4.78, 5) is 14.6. The highest BCUT2D eigenvalue weighted by atomic mass is 35.5. The van der Waals surface area contributed by atoms with E-state index in [9.17, 15) is 4.79 Å². The van der Waals surface area contributed by atoms with E-state index in [-0.39, 0.29) is 5.91 Å². The Morgan fingerprint density at radius 1 is 1.35 bits per heavy atom. The molecule has 23 heavy (non-hydrogen) atoms. The van der Waals surface area contributed by atoms with Crippen LogP contribution in [-0.4, -0.2) is 41.6 Å². The molecular formula is C17H20ClN3O2. The van der Waals surface area contributed by atoms with Gasteiger partial charge >= 0.3 is 0 Å². The Kier molecular flexibility index (Phi) is 4.98.